The molecule has 0 radical (unpaired) electrons. The molecule has 0 bridgehead atoms. The zero-order chi connectivity index (χ0) is 14.9. The molecule has 0 saturated heterocycles. The minimum atomic E-state index is -0.857. The fourth-order valence-corrected chi connectivity index (χ4v) is 2.41. The molecule has 1 aromatic heterocycles. The Hall–Kier alpha value is -1.82. The SMILES string of the molecule is Cc1cc(=O)c(O)c(CN(C)CCC(=O)O)n1C1CC1. The summed E-state index contributed by atoms with van der Waals surface area (Å²) in [6, 6.07) is 1.80. The van der Waals surface area contributed by atoms with E-state index in [9.17, 15) is 14.7 Å². The number of aromatic nitrogens is 1. The minimum Gasteiger partial charge on any atom is -0.503 e. The van der Waals surface area contributed by atoms with E-state index in [0.717, 1.165) is 18.5 Å². The number of aryl methyl sites for hydroxylation is 1. The van der Waals surface area contributed by atoms with Gasteiger partial charge in [-0.05, 0) is 26.8 Å². The number of carbonyl (C=O) groups is 1. The van der Waals surface area contributed by atoms with Crippen molar-refractivity contribution in [2.45, 2.75) is 38.8 Å². The van der Waals surface area contributed by atoms with Gasteiger partial charge in [-0.25, -0.2) is 0 Å². The van der Waals surface area contributed by atoms with Crippen molar-refractivity contribution in [3.05, 3.63) is 27.7 Å². The Bertz CT molecular complexity index is 575. The van der Waals surface area contributed by atoms with Gasteiger partial charge >= 0.3 is 5.97 Å². The average molecular weight is 280 g/mol. The van der Waals surface area contributed by atoms with Crippen molar-refractivity contribution < 1.29 is 15.0 Å². The van der Waals surface area contributed by atoms with E-state index in [1.807, 2.05) is 11.5 Å². The van der Waals surface area contributed by atoms with Crippen molar-refractivity contribution in [2.75, 3.05) is 13.6 Å². The Balaban J connectivity index is 2.25. The molecule has 1 aromatic rings. The molecule has 0 aliphatic heterocycles. The maximum Gasteiger partial charge on any atom is 0.304 e. The predicted octanol–water partition coefficient (Wildman–Crippen LogP) is 1.10. The number of nitrogens with zero attached hydrogens (tertiary/aromatic N) is 2. The lowest BCUT2D eigenvalue weighted by Crippen LogP contribution is -2.26. The monoisotopic (exact) mass is 280 g/mol. The van der Waals surface area contributed by atoms with E-state index in [-0.39, 0.29) is 17.6 Å². The molecule has 0 unspecified atom stereocenters. The Morgan fingerprint density at radius 2 is 2.15 bits per heavy atom. The zero-order valence-electron chi connectivity index (χ0n) is 11.8. The first-order valence-electron chi connectivity index (χ1n) is 6.74. The summed E-state index contributed by atoms with van der Waals surface area (Å²) in [6.07, 6.45) is 2.14. The molecule has 6 heteroatoms. The van der Waals surface area contributed by atoms with E-state index >= 15 is 0 Å². The van der Waals surface area contributed by atoms with Gasteiger partial charge in [0, 0.05) is 30.9 Å². The lowest BCUT2D eigenvalue weighted by Gasteiger charge is -2.22. The number of hydrogen-bond donors (Lipinski definition) is 2. The van der Waals surface area contributed by atoms with Gasteiger partial charge < -0.3 is 14.8 Å². The minimum absolute atomic E-state index is 0.0384. The fourth-order valence-electron chi connectivity index (χ4n) is 2.41. The van der Waals surface area contributed by atoms with Crippen LogP contribution in [0.5, 0.6) is 5.75 Å². The summed E-state index contributed by atoms with van der Waals surface area (Å²) in [5, 5.41) is 18.7. The summed E-state index contributed by atoms with van der Waals surface area (Å²) in [4.78, 5) is 24.1. The maximum absolute atomic E-state index is 11.7. The molecule has 0 amide bonds. The highest BCUT2D eigenvalue weighted by atomic mass is 16.4. The van der Waals surface area contributed by atoms with Crippen LogP contribution in [-0.4, -0.2) is 39.2 Å². The van der Waals surface area contributed by atoms with Gasteiger partial charge in [-0.3, -0.25) is 14.5 Å². The number of hydrogen-bond acceptors (Lipinski definition) is 4. The summed E-state index contributed by atoms with van der Waals surface area (Å²) in [7, 11) is 1.78. The van der Waals surface area contributed by atoms with Crippen LogP contribution in [0.3, 0.4) is 0 Å². The third-order valence-electron chi connectivity index (χ3n) is 3.56. The van der Waals surface area contributed by atoms with E-state index in [1.165, 1.54) is 6.07 Å². The molecule has 1 fully saturated rings. The summed E-state index contributed by atoms with van der Waals surface area (Å²) >= 11 is 0. The van der Waals surface area contributed by atoms with Crippen LogP contribution >= 0.6 is 0 Å². The highest BCUT2D eigenvalue weighted by molar-refractivity contribution is 5.66. The van der Waals surface area contributed by atoms with Crippen LogP contribution in [0.1, 0.15) is 36.7 Å². The Morgan fingerprint density at radius 1 is 1.50 bits per heavy atom. The number of pyridine rings is 1. The largest absolute Gasteiger partial charge is 0.503 e. The van der Waals surface area contributed by atoms with Crippen LogP contribution in [0.25, 0.3) is 0 Å². The van der Waals surface area contributed by atoms with Gasteiger partial charge in [0.1, 0.15) is 0 Å². The van der Waals surface area contributed by atoms with Crippen molar-refractivity contribution in [3.63, 3.8) is 0 Å². The molecule has 110 valence electrons. The zero-order valence-corrected chi connectivity index (χ0v) is 11.8. The van der Waals surface area contributed by atoms with Crippen LogP contribution < -0.4 is 5.43 Å². The van der Waals surface area contributed by atoms with Gasteiger partial charge in [0.15, 0.2) is 5.75 Å². The van der Waals surface area contributed by atoms with Crippen molar-refractivity contribution in [1.82, 2.24) is 9.47 Å². The summed E-state index contributed by atoms with van der Waals surface area (Å²) in [5.41, 5.74) is 1.06. The topological polar surface area (TPSA) is 82.8 Å². The van der Waals surface area contributed by atoms with Gasteiger partial charge in [-0.15, -0.1) is 0 Å². The van der Waals surface area contributed by atoms with Crippen LogP contribution in [-0.2, 0) is 11.3 Å². The first kappa shape index (κ1) is 14.6. The smallest absolute Gasteiger partial charge is 0.304 e. The molecule has 0 atom stereocenters. The number of carboxylic acid groups (broad SMARTS) is 1. The van der Waals surface area contributed by atoms with Crippen LogP contribution in [0, 0.1) is 6.92 Å². The van der Waals surface area contributed by atoms with Crippen molar-refractivity contribution in [3.8, 4) is 5.75 Å². The van der Waals surface area contributed by atoms with Gasteiger partial charge in [0.05, 0.1) is 12.1 Å². The van der Waals surface area contributed by atoms with E-state index in [0.29, 0.717) is 24.8 Å². The number of rotatable bonds is 6. The standard InChI is InChI=1S/C14H20N2O4/c1-9-7-12(17)14(20)11(16(9)10-3-4-10)8-15(2)6-5-13(18)19/h7,10,20H,3-6,8H2,1-2H3,(H,18,19). The summed E-state index contributed by atoms with van der Waals surface area (Å²) in [5.74, 6) is -1.07. The Morgan fingerprint density at radius 3 is 2.70 bits per heavy atom. The first-order valence-corrected chi connectivity index (χ1v) is 6.74. The second-order valence-corrected chi connectivity index (χ2v) is 5.43. The van der Waals surface area contributed by atoms with Crippen LogP contribution in [0.2, 0.25) is 0 Å². The van der Waals surface area contributed by atoms with Crippen molar-refractivity contribution >= 4 is 5.97 Å². The van der Waals surface area contributed by atoms with Gasteiger partial charge in [0.25, 0.3) is 0 Å². The lowest BCUT2D eigenvalue weighted by molar-refractivity contribution is -0.137. The summed E-state index contributed by atoms with van der Waals surface area (Å²) in [6.45, 7) is 2.61. The average Bonchev–Trinajstić information content (AvgIpc) is 3.17. The number of aliphatic carboxylic acids is 1. The highest BCUT2D eigenvalue weighted by Crippen LogP contribution is 2.38. The molecular weight excluding hydrogens is 260 g/mol. The van der Waals surface area contributed by atoms with Crippen LogP contribution in [0.4, 0.5) is 0 Å². The van der Waals surface area contributed by atoms with E-state index in [2.05, 4.69) is 0 Å². The maximum atomic E-state index is 11.7. The van der Waals surface area contributed by atoms with E-state index in [1.54, 1.807) is 11.9 Å². The molecule has 2 rings (SSSR count). The molecule has 1 heterocycles. The lowest BCUT2D eigenvalue weighted by atomic mass is 10.2. The second kappa shape index (κ2) is 5.66. The molecule has 1 aliphatic rings. The molecule has 1 aliphatic carbocycles. The first-order chi connectivity index (χ1) is 9.40. The summed E-state index contributed by atoms with van der Waals surface area (Å²) < 4.78 is 2.01. The highest BCUT2D eigenvalue weighted by Gasteiger charge is 2.28. The van der Waals surface area contributed by atoms with E-state index < -0.39 is 5.97 Å². The third-order valence-corrected chi connectivity index (χ3v) is 3.56. The fraction of sp³-hybridized carbons (Fsp3) is 0.571. The van der Waals surface area contributed by atoms with Crippen molar-refractivity contribution in [1.29, 1.82) is 0 Å². The molecule has 0 aromatic carbocycles. The van der Waals surface area contributed by atoms with Gasteiger partial charge in [-0.2, -0.15) is 0 Å². The molecular formula is C14H20N2O4. The van der Waals surface area contributed by atoms with Crippen molar-refractivity contribution in [2.24, 2.45) is 0 Å². The number of aromatic hydroxyl groups is 1. The Labute approximate surface area is 117 Å². The van der Waals surface area contributed by atoms with Crippen LogP contribution in [0.15, 0.2) is 10.9 Å². The molecule has 0 spiro atoms. The quantitative estimate of drug-likeness (QED) is 0.815. The van der Waals surface area contributed by atoms with E-state index in [4.69, 9.17) is 5.11 Å². The number of carboxylic acids is 1. The van der Waals surface area contributed by atoms with Gasteiger partial charge in [-0.1, -0.05) is 0 Å². The predicted molar refractivity (Wildman–Crippen MR) is 74.0 cm³/mol. The molecule has 20 heavy (non-hydrogen) atoms. The van der Waals surface area contributed by atoms with Gasteiger partial charge in [0.2, 0.25) is 5.43 Å². The second-order valence-electron chi connectivity index (χ2n) is 5.43. The molecule has 1 saturated carbocycles. The molecule has 2 N–H and O–H groups in total. The third kappa shape index (κ3) is 3.19. The Kier molecular flexibility index (Phi) is 4.13. The normalized spacial score (nSPS) is 14.8. The molecule has 6 nitrogen and oxygen atoms in total.